The van der Waals surface area contributed by atoms with Crippen molar-refractivity contribution in [3.63, 3.8) is 0 Å². The molecule has 2 aromatic rings. The Labute approximate surface area is 208 Å². The van der Waals surface area contributed by atoms with Crippen LogP contribution in [-0.2, 0) is 28.0 Å². The van der Waals surface area contributed by atoms with Gasteiger partial charge in [0.05, 0.1) is 12.7 Å². The highest BCUT2D eigenvalue weighted by Gasteiger charge is 2.67. The summed E-state index contributed by atoms with van der Waals surface area (Å²) in [6, 6.07) is 14.8. The Morgan fingerprint density at radius 2 is 1.91 bits per heavy atom. The normalized spacial score (nSPS) is 29.9. The molecular formula is C30H37NO4. The molecule has 1 saturated heterocycles. The van der Waals surface area contributed by atoms with E-state index in [4.69, 9.17) is 14.2 Å². The minimum atomic E-state index is -0.367. The molecule has 1 aliphatic heterocycles. The Bertz CT molecular complexity index is 1100. The number of likely N-dealkylation sites (tertiary alicyclic amines) is 1. The zero-order valence-electron chi connectivity index (χ0n) is 21.1. The predicted octanol–water partition coefficient (Wildman–Crippen LogP) is 5.08. The summed E-state index contributed by atoms with van der Waals surface area (Å²) in [7, 11) is 1.74. The number of carbonyl (C=O) groups is 1. The number of rotatable bonds is 8. The zero-order valence-corrected chi connectivity index (χ0v) is 21.1. The number of fused-ring (bicyclic) bond motifs is 1. The fourth-order valence-corrected chi connectivity index (χ4v) is 7.40. The van der Waals surface area contributed by atoms with Crippen LogP contribution < -0.4 is 9.47 Å². The van der Waals surface area contributed by atoms with Crippen molar-refractivity contribution in [1.29, 1.82) is 0 Å². The minimum Gasteiger partial charge on any atom is -0.493 e. The number of hydrogen-bond acceptors (Lipinski definition) is 5. The van der Waals surface area contributed by atoms with Gasteiger partial charge in [-0.05, 0) is 68.7 Å². The van der Waals surface area contributed by atoms with E-state index in [1.54, 1.807) is 7.11 Å². The summed E-state index contributed by atoms with van der Waals surface area (Å²) in [4.78, 5) is 15.8. The number of benzene rings is 2. The molecule has 0 N–H and O–H groups in total. The van der Waals surface area contributed by atoms with Crippen LogP contribution in [-0.4, -0.2) is 49.1 Å². The number of Topliss-reactive ketones (excluding diaryl/α,β-unsaturated/α-hetero) is 1. The largest absolute Gasteiger partial charge is 0.493 e. The Morgan fingerprint density at radius 3 is 2.66 bits per heavy atom. The van der Waals surface area contributed by atoms with Crippen LogP contribution in [0.15, 0.2) is 42.5 Å². The van der Waals surface area contributed by atoms with E-state index in [1.807, 2.05) is 18.2 Å². The zero-order chi connectivity index (χ0) is 24.0. The molecule has 3 aliphatic carbocycles. The third-order valence-electron chi connectivity index (χ3n) is 9.02. The molecule has 4 aliphatic rings. The third kappa shape index (κ3) is 3.70. The number of ether oxygens (including phenoxy) is 3. The molecule has 1 heterocycles. The molecule has 3 fully saturated rings. The van der Waals surface area contributed by atoms with Crippen molar-refractivity contribution < 1.29 is 19.0 Å². The lowest BCUT2D eigenvalue weighted by Crippen LogP contribution is -2.74. The number of carbonyl (C=O) groups excluding carboxylic acids is 1. The Balaban J connectivity index is 1.46. The van der Waals surface area contributed by atoms with E-state index in [1.165, 1.54) is 24.0 Å². The van der Waals surface area contributed by atoms with Crippen molar-refractivity contribution in [2.45, 2.75) is 75.5 Å². The number of piperidine rings is 1. The van der Waals surface area contributed by atoms with Crippen molar-refractivity contribution in [3.05, 3.63) is 59.2 Å². The van der Waals surface area contributed by atoms with E-state index in [-0.39, 0.29) is 11.0 Å². The third-order valence-corrected chi connectivity index (χ3v) is 9.02. The van der Waals surface area contributed by atoms with E-state index >= 15 is 0 Å². The summed E-state index contributed by atoms with van der Waals surface area (Å²) in [6.45, 7) is 5.42. The predicted molar refractivity (Wildman–Crippen MR) is 135 cm³/mol. The van der Waals surface area contributed by atoms with Gasteiger partial charge >= 0.3 is 0 Å². The molecule has 0 amide bonds. The maximum atomic E-state index is 13.1. The SMILES string of the molecule is CCO[C@@]12CCC(=O)C[C@@]13CCN(CC1CC1)[C@@H]2Cc1ccc(OCc2ccccc2)c(OC)c13. The first-order valence-electron chi connectivity index (χ1n) is 13.4. The van der Waals surface area contributed by atoms with Gasteiger partial charge in [0.25, 0.3) is 0 Å². The average molecular weight is 476 g/mol. The van der Waals surface area contributed by atoms with E-state index < -0.39 is 0 Å². The van der Waals surface area contributed by atoms with Crippen LogP contribution in [0.5, 0.6) is 11.5 Å². The standard InChI is InChI=1S/C30H37NO4/c1-3-35-30-14-13-24(32)18-29(30)15-16-31(19-21-9-10-21)26(30)17-23-11-12-25(28(33-2)27(23)29)34-20-22-7-5-4-6-8-22/h4-8,11-12,21,26H,3,9-10,13-20H2,1-2H3/t26-,29-,30-/m1/s1. The van der Waals surface area contributed by atoms with E-state index in [0.717, 1.165) is 55.3 Å². The maximum Gasteiger partial charge on any atom is 0.164 e. The first-order valence-corrected chi connectivity index (χ1v) is 13.4. The highest BCUT2D eigenvalue weighted by molar-refractivity contribution is 5.83. The van der Waals surface area contributed by atoms with Crippen LogP contribution in [0.25, 0.3) is 0 Å². The average Bonchev–Trinajstić information content (AvgIpc) is 3.69. The highest BCUT2D eigenvalue weighted by Crippen LogP contribution is 2.62. The molecule has 3 atom stereocenters. The highest BCUT2D eigenvalue weighted by atomic mass is 16.5. The maximum absolute atomic E-state index is 13.1. The Morgan fingerprint density at radius 1 is 1.09 bits per heavy atom. The Kier molecular flexibility index (Phi) is 5.89. The van der Waals surface area contributed by atoms with Gasteiger partial charge in [-0.15, -0.1) is 0 Å². The van der Waals surface area contributed by atoms with Gasteiger partial charge in [0, 0.05) is 43.0 Å². The lowest BCUT2D eigenvalue weighted by molar-refractivity contribution is -0.198. The summed E-state index contributed by atoms with van der Waals surface area (Å²) in [5, 5.41) is 0. The molecule has 0 spiro atoms. The molecule has 6 rings (SSSR count). The molecule has 186 valence electrons. The summed E-state index contributed by atoms with van der Waals surface area (Å²) in [5.41, 5.74) is 2.86. The van der Waals surface area contributed by atoms with Crippen molar-refractivity contribution in [1.82, 2.24) is 4.90 Å². The van der Waals surface area contributed by atoms with E-state index in [9.17, 15) is 4.79 Å². The molecule has 2 bridgehead atoms. The van der Waals surface area contributed by atoms with Crippen LogP contribution in [0.4, 0.5) is 0 Å². The summed E-state index contributed by atoms with van der Waals surface area (Å²) in [5.74, 6) is 2.73. The fourth-order valence-electron chi connectivity index (χ4n) is 7.40. The van der Waals surface area contributed by atoms with Crippen LogP contribution >= 0.6 is 0 Å². The first kappa shape index (κ1) is 23.1. The molecule has 5 nitrogen and oxygen atoms in total. The minimum absolute atomic E-state index is 0.304. The second-order valence-corrected chi connectivity index (χ2v) is 10.9. The smallest absolute Gasteiger partial charge is 0.164 e. The fraction of sp³-hybridized carbons (Fsp3) is 0.567. The van der Waals surface area contributed by atoms with Gasteiger partial charge in [0.1, 0.15) is 12.4 Å². The molecule has 5 heteroatoms. The lowest BCUT2D eigenvalue weighted by Gasteiger charge is -2.65. The van der Waals surface area contributed by atoms with Gasteiger partial charge in [-0.25, -0.2) is 0 Å². The van der Waals surface area contributed by atoms with Gasteiger partial charge in [-0.3, -0.25) is 9.69 Å². The second-order valence-electron chi connectivity index (χ2n) is 10.9. The van der Waals surface area contributed by atoms with Crippen molar-refractivity contribution in [3.8, 4) is 11.5 Å². The van der Waals surface area contributed by atoms with Gasteiger partial charge in [-0.1, -0.05) is 36.4 Å². The van der Waals surface area contributed by atoms with Gasteiger partial charge in [-0.2, -0.15) is 0 Å². The summed E-state index contributed by atoms with van der Waals surface area (Å²) < 4.78 is 19.3. The van der Waals surface area contributed by atoms with Crippen molar-refractivity contribution >= 4 is 5.78 Å². The molecule has 0 unspecified atom stereocenters. The summed E-state index contributed by atoms with van der Waals surface area (Å²) in [6.07, 6.45) is 6.50. The monoisotopic (exact) mass is 475 g/mol. The molecule has 2 aromatic carbocycles. The van der Waals surface area contributed by atoms with Crippen LogP contribution in [0, 0.1) is 5.92 Å². The molecule has 0 aromatic heterocycles. The van der Waals surface area contributed by atoms with Crippen LogP contribution in [0.3, 0.4) is 0 Å². The molecular weight excluding hydrogens is 438 g/mol. The van der Waals surface area contributed by atoms with Crippen molar-refractivity contribution in [2.75, 3.05) is 26.8 Å². The molecule has 0 radical (unpaired) electrons. The first-order chi connectivity index (χ1) is 17.1. The van der Waals surface area contributed by atoms with Crippen molar-refractivity contribution in [2.24, 2.45) is 5.92 Å². The molecule has 2 saturated carbocycles. The van der Waals surface area contributed by atoms with E-state index in [2.05, 4.69) is 36.1 Å². The van der Waals surface area contributed by atoms with E-state index in [0.29, 0.717) is 37.9 Å². The van der Waals surface area contributed by atoms with Gasteiger partial charge in [0.15, 0.2) is 11.5 Å². The number of nitrogens with zero attached hydrogens (tertiary/aromatic N) is 1. The molecule has 35 heavy (non-hydrogen) atoms. The topological polar surface area (TPSA) is 48.0 Å². The van der Waals surface area contributed by atoms with Crippen LogP contribution in [0.2, 0.25) is 0 Å². The number of hydrogen-bond donors (Lipinski definition) is 0. The van der Waals surface area contributed by atoms with Crippen LogP contribution in [0.1, 0.15) is 62.1 Å². The summed E-state index contributed by atoms with van der Waals surface area (Å²) >= 11 is 0. The van der Waals surface area contributed by atoms with Gasteiger partial charge in [0.2, 0.25) is 0 Å². The number of methoxy groups -OCH3 is 1. The lowest BCUT2D eigenvalue weighted by atomic mass is 9.49. The second kappa shape index (κ2) is 8.94. The van der Waals surface area contributed by atoms with Gasteiger partial charge < -0.3 is 14.2 Å². The number of ketones is 1. The quantitative estimate of drug-likeness (QED) is 0.533. The Hall–Kier alpha value is -2.37.